The first kappa shape index (κ1) is 11.5. The summed E-state index contributed by atoms with van der Waals surface area (Å²) in [7, 11) is 4.21. The van der Waals surface area contributed by atoms with E-state index < -0.39 is 0 Å². The molecule has 0 spiro atoms. The molecular formula is C11H21N3. The van der Waals surface area contributed by atoms with Gasteiger partial charge in [-0.2, -0.15) is 5.26 Å². The van der Waals surface area contributed by atoms with Crippen molar-refractivity contribution in [3.63, 3.8) is 0 Å². The molecule has 14 heavy (non-hydrogen) atoms. The van der Waals surface area contributed by atoms with E-state index in [1.807, 2.05) is 14.0 Å². The molecule has 0 amide bonds. The van der Waals surface area contributed by atoms with Crippen LogP contribution in [0.4, 0.5) is 0 Å². The van der Waals surface area contributed by atoms with Crippen molar-refractivity contribution < 1.29 is 0 Å². The molecule has 2 atom stereocenters. The van der Waals surface area contributed by atoms with E-state index in [9.17, 15) is 0 Å². The smallest absolute Gasteiger partial charge is 0.0949 e. The van der Waals surface area contributed by atoms with Crippen LogP contribution in [-0.4, -0.2) is 48.1 Å². The van der Waals surface area contributed by atoms with E-state index in [1.165, 1.54) is 0 Å². The van der Waals surface area contributed by atoms with Crippen LogP contribution >= 0.6 is 0 Å². The molecule has 1 rings (SSSR count). The zero-order valence-electron chi connectivity index (χ0n) is 9.91. The summed E-state index contributed by atoms with van der Waals surface area (Å²) in [5.74, 6) is 0. The molecule has 0 N–H and O–H groups in total. The highest BCUT2D eigenvalue weighted by atomic mass is 15.3. The van der Waals surface area contributed by atoms with Gasteiger partial charge in [0.1, 0.15) is 0 Å². The van der Waals surface area contributed by atoms with Gasteiger partial charge in [-0.15, -0.1) is 0 Å². The second-order valence-corrected chi connectivity index (χ2v) is 5.02. The van der Waals surface area contributed by atoms with Gasteiger partial charge in [0.15, 0.2) is 0 Å². The molecule has 0 aliphatic carbocycles. The third kappa shape index (κ3) is 2.08. The van der Waals surface area contributed by atoms with E-state index in [1.54, 1.807) is 0 Å². The predicted octanol–water partition coefficient (Wildman–Crippen LogP) is 1.31. The van der Waals surface area contributed by atoms with E-state index in [2.05, 4.69) is 36.8 Å². The number of hydrogen-bond acceptors (Lipinski definition) is 3. The lowest BCUT2D eigenvalue weighted by atomic mass is 9.99. The summed E-state index contributed by atoms with van der Waals surface area (Å²) in [6.07, 6.45) is 1.14. The van der Waals surface area contributed by atoms with Crippen molar-refractivity contribution >= 4 is 0 Å². The molecular weight excluding hydrogens is 174 g/mol. The van der Waals surface area contributed by atoms with Crippen molar-refractivity contribution in [2.24, 2.45) is 0 Å². The fraction of sp³-hybridized carbons (Fsp3) is 0.909. The summed E-state index contributed by atoms with van der Waals surface area (Å²) in [6.45, 7) is 7.55. The molecule has 1 saturated heterocycles. The van der Waals surface area contributed by atoms with Gasteiger partial charge < -0.3 is 0 Å². The Labute approximate surface area is 87.3 Å². The van der Waals surface area contributed by atoms with Gasteiger partial charge in [-0.05, 0) is 41.3 Å². The number of hydrogen-bond donors (Lipinski definition) is 0. The third-order valence-corrected chi connectivity index (χ3v) is 3.63. The van der Waals surface area contributed by atoms with Crippen molar-refractivity contribution in [1.82, 2.24) is 9.80 Å². The summed E-state index contributed by atoms with van der Waals surface area (Å²) in [4.78, 5) is 4.56. The van der Waals surface area contributed by atoms with E-state index in [4.69, 9.17) is 5.26 Å². The summed E-state index contributed by atoms with van der Waals surface area (Å²) in [5.41, 5.74) is 0.272. The van der Waals surface area contributed by atoms with Crippen LogP contribution in [0, 0.1) is 11.3 Å². The molecule has 0 radical (unpaired) electrons. The Morgan fingerprint density at radius 3 is 2.50 bits per heavy atom. The van der Waals surface area contributed by atoms with Gasteiger partial charge in [0.05, 0.1) is 12.1 Å². The highest BCUT2D eigenvalue weighted by Crippen LogP contribution is 2.29. The molecule has 0 aromatic rings. The Morgan fingerprint density at radius 2 is 2.14 bits per heavy atom. The fourth-order valence-electron chi connectivity index (χ4n) is 2.04. The minimum Gasteiger partial charge on any atom is -0.300 e. The van der Waals surface area contributed by atoms with Gasteiger partial charge in [-0.25, -0.2) is 0 Å². The first-order valence-corrected chi connectivity index (χ1v) is 5.21. The maximum absolute atomic E-state index is 8.86. The summed E-state index contributed by atoms with van der Waals surface area (Å²) in [5, 5.41) is 8.86. The minimum absolute atomic E-state index is 0.0160. The molecule has 1 aliphatic rings. The Balaban J connectivity index is 2.63. The average molecular weight is 195 g/mol. The first-order chi connectivity index (χ1) is 6.38. The van der Waals surface area contributed by atoms with Crippen LogP contribution in [0.1, 0.15) is 27.2 Å². The van der Waals surface area contributed by atoms with Gasteiger partial charge >= 0.3 is 0 Å². The SMILES string of the molecule is CC(C#N)N(C)C1CN(C)C(C)(C)C1. The van der Waals surface area contributed by atoms with Crippen molar-refractivity contribution in [2.75, 3.05) is 20.6 Å². The molecule has 0 bridgehead atoms. The summed E-state index contributed by atoms with van der Waals surface area (Å²) < 4.78 is 0. The molecule has 0 aromatic carbocycles. The van der Waals surface area contributed by atoms with Crippen molar-refractivity contribution in [2.45, 2.75) is 44.8 Å². The monoisotopic (exact) mass is 195 g/mol. The second-order valence-electron chi connectivity index (χ2n) is 5.02. The average Bonchev–Trinajstić information content (AvgIpc) is 2.39. The molecule has 1 aliphatic heterocycles. The second kappa shape index (κ2) is 3.88. The van der Waals surface area contributed by atoms with Crippen LogP contribution in [0.15, 0.2) is 0 Å². The van der Waals surface area contributed by atoms with Gasteiger partial charge in [-0.1, -0.05) is 0 Å². The van der Waals surface area contributed by atoms with E-state index >= 15 is 0 Å². The summed E-state index contributed by atoms with van der Waals surface area (Å²) in [6, 6.07) is 2.83. The number of likely N-dealkylation sites (tertiary alicyclic amines) is 1. The van der Waals surface area contributed by atoms with Crippen LogP contribution in [0.3, 0.4) is 0 Å². The number of nitriles is 1. The van der Waals surface area contributed by atoms with Gasteiger partial charge in [0, 0.05) is 18.1 Å². The highest BCUT2D eigenvalue weighted by molar-refractivity contribution is 4.98. The van der Waals surface area contributed by atoms with Crippen LogP contribution in [0.25, 0.3) is 0 Å². The quantitative estimate of drug-likeness (QED) is 0.665. The van der Waals surface area contributed by atoms with Crippen molar-refractivity contribution in [1.29, 1.82) is 5.26 Å². The number of nitrogens with zero attached hydrogens (tertiary/aromatic N) is 3. The predicted molar refractivity (Wildman–Crippen MR) is 58.0 cm³/mol. The zero-order valence-corrected chi connectivity index (χ0v) is 9.91. The summed E-state index contributed by atoms with van der Waals surface area (Å²) >= 11 is 0. The molecule has 1 heterocycles. The first-order valence-electron chi connectivity index (χ1n) is 5.21. The van der Waals surface area contributed by atoms with E-state index in [0.29, 0.717) is 6.04 Å². The molecule has 0 saturated carbocycles. The van der Waals surface area contributed by atoms with Crippen LogP contribution in [-0.2, 0) is 0 Å². The molecule has 2 unspecified atom stereocenters. The lowest BCUT2D eigenvalue weighted by molar-refractivity contribution is 0.211. The normalized spacial score (nSPS) is 29.1. The maximum Gasteiger partial charge on any atom is 0.0949 e. The largest absolute Gasteiger partial charge is 0.300 e. The number of rotatable bonds is 2. The zero-order chi connectivity index (χ0) is 10.9. The van der Waals surface area contributed by atoms with Crippen LogP contribution in [0.2, 0.25) is 0 Å². The Hall–Kier alpha value is -0.590. The van der Waals surface area contributed by atoms with E-state index in [0.717, 1.165) is 13.0 Å². The lowest BCUT2D eigenvalue weighted by Crippen LogP contribution is -2.39. The van der Waals surface area contributed by atoms with Crippen LogP contribution in [0.5, 0.6) is 0 Å². The highest BCUT2D eigenvalue weighted by Gasteiger charge is 2.38. The lowest BCUT2D eigenvalue weighted by Gasteiger charge is -2.27. The molecule has 1 fully saturated rings. The fourth-order valence-corrected chi connectivity index (χ4v) is 2.04. The minimum atomic E-state index is 0.0160. The van der Waals surface area contributed by atoms with Crippen molar-refractivity contribution in [3.8, 4) is 6.07 Å². The Morgan fingerprint density at radius 1 is 1.57 bits per heavy atom. The molecule has 3 nitrogen and oxygen atoms in total. The van der Waals surface area contributed by atoms with Crippen LogP contribution < -0.4 is 0 Å². The van der Waals surface area contributed by atoms with E-state index in [-0.39, 0.29) is 11.6 Å². The van der Waals surface area contributed by atoms with Crippen molar-refractivity contribution in [3.05, 3.63) is 0 Å². The van der Waals surface area contributed by atoms with Gasteiger partial charge in [0.2, 0.25) is 0 Å². The molecule has 80 valence electrons. The standard InChI is InChI=1S/C11H21N3/c1-9(7-12)14(5)10-6-11(2,3)13(4)8-10/h9-10H,6,8H2,1-5H3. The van der Waals surface area contributed by atoms with Gasteiger partial charge in [-0.3, -0.25) is 9.80 Å². The Kier molecular flexibility index (Phi) is 3.18. The number of likely N-dealkylation sites (N-methyl/N-ethyl adjacent to an activating group) is 2. The molecule has 3 heteroatoms. The third-order valence-electron chi connectivity index (χ3n) is 3.63. The molecule has 0 aromatic heterocycles. The topological polar surface area (TPSA) is 30.3 Å². The van der Waals surface area contributed by atoms with Gasteiger partial charge in [0.25, 0.3) is 0 Å². The Bertz CT molecular complexity index is 241. The maximum atomic E-state index is 8.86.